The van der Waals surface area contributed by atoms with Crippen LogP contribution in [0.25, 0.3) is 11.0 Å². The summed E-state index contributed by atoms with van der Waals surface area (Å²) < 4.78 is 5.97. The zero-order valence-corrected chi connectivity index (χ0v) is 11.0. The van der Waals surface area contributed by atoms with Crippen molar-refractivity contribution in [3.63, 3.8) is 0 Å². The number of likely N-dealkylation sites (N-methyl/N-ethyl adjacent to an activating group) is 1. The first kappa shape index (κ1) is 11.8. The molecule has 18 heavy (non-hydrogen) atoms. The van der Waals surface area contributed by atoms with Gasteiger partial charge >= 0.3 is 0 Å². The molecule has 1 aromatic carbocycles. The van der Waals surface area contributed by atoms with Crippen LogP contribution in [0.1, 0.15) is 23.7 Å². The minimum atomic E-state index is 0.172. The van der Waals surface area contributed by atoms with Gasteiger partial charge in [0.2, 0.25) is 0 Å². The molecule has 2 heterocycles. The lowest BCUT2D eigenvalue weighted by molar-refractivity contribution is 0.216. The Kier molecular flexibility index (Phi) is 2.88. The zero-order chi connectivity index (χ0) is 12.7. The number of rotatable bonds is 1. The van der Waals surface area contributed by atoms with Crippen molar-refractivity contribution in [2.45, 2.75) is 25.3 Å². The number of nitrogens with two attached hydrogens (primary N) is 1. The molecule has 0 spiro atoms. The average molecular weight is 244 g/mol. The van der Waals surface area contributed by atoms with Gasteiger partial charge in [-0.15, -0.1) is 0 Å². The van der Waals surface area contributed by atoms with Gasteiger partial charge in [0.05, 0.1) is 0 Å². The number of fused-ring (bicyclic) bond motifs is 1. The monoisotopic (exact) mass is 244 g/mol. The van der Waals surface area contributed by atoms with Crippen LogP contribution in [0.5, 0.6) is 0 Å². The van der Waals surface area contributed by atoms with Crippen LogP contribution in [-0.4, -0.2) is 31.1 Å². The normalized spacial score (nSPS) is 25.7. The predicted molar refractivity (Wildman–Crippen MR) is 73.8 cm³/mol. The van der Waals surface area contributed by atoms with Gasteiger partial charge in [0.15, 0.2) is 0 Å². The Hall–Kier alpha value is -1.32. The lowest BCUT2D eigenvalue weighted by Crippen LogP contribution is -2.45. The highest BCUT2D eigenvalue weighted by molar-refractivity contribution is 5.78. The van der Waals surface area contributed by atoms with Crippen molar-refractivity contribution in [3.8, 4) is 0 Å². The summed E-state index contributed by atoms with van der Waals surface area (Å²) in [5, 5.41) is 1.19. The van der Waals surface area contributed by atoms with E-state index in [1.165, 1.54) is 10.9 Å². The Morgan fingerprint density at radius 1 is 1.33 bits per heavy atom. The van der Waals surface area contributed by atoms with Crippen LogP contribution in [0.3, 0.4) is 0 Å². The smallest absolute Gasteiger partial charge is 0.134 e. The number of aryl methyl sites for hydroxylation is 1. The molecule has 1 fully saturated rings. The van der Waals surface area contributed by atoms with E-state index in [1.807, 2.05) is 0 Å². The molecule has 2 N–H and O–H groups in total. The summed E-state index contributed by atoms with van der Waals surface area (Å²) in [6.45, 7) is 4.14. The van der Waals surface area contributed by atoms with E-state index in [-0.39, 0.29) is 6.04 Å². The topological polar surface area (TPSA) is 42.4 Å². The molecule has 0 radical (unpaired) electrons. The van der Waals surface area contributed by atoms with Crippen LogP contribution < -0.4 is 5.73 Å². The van der Waals surface area contributed by atoms with Crippen molar-refractivity contribution in [3.05, 3.63) is 35.6 Å². The van der Waals surface area contributed by atoms with E-state index in [4.69, 9.17) is 10.2 Å². The Morgan fingerprint density at radius 2 is 2.17 bits per heavy atom. The summed E-state index contributed by atoms with van der Waals surface area (Å²) in [4.78, 5) is 2.29. The van der Waals surface area contributed by atoms with Crippen LogP contribution in [0.2, 0.25) is 0 Å². The highest BCUT2D eigenvalue weighted by Gasteiger charge is 2.28. The average Bonchev–Trinajstić information content (AvgIpc) is 2.71. The maximum Gasteiger partial charge on any atom is 0.134 e. The predicted octanol–water partition coefficient (Wildman–Crippen LogP) is 2.49. The van der Waals surface area contributed by atoms with Gasteiger partial charge in [-0.25, -0.2) is 0 Å². The SMILES string of the molecule is Cc1ccc2oc(C3CCN(C)CC3N)cc2c1. The van der Waals surface area contributed by atoms with Crippen molar-refractivity contribution in [2.75, 3.05) is 20.1 Å². The molecule has 2 atom stereocenters. The summed E-state index contributed by atoms with van der Waals surface area (Å²) >= 11 is 0. The fourth-order valence-electron chi connectivity index (χ4n) is 2.87. The van der Waals surface area contributed by atoms with Gasteiger partial charge in [0, 0.05) is 23.9 Å². The molecule has 0 bridgehead atoms. The molecule has 1 aromatic heterocycles. The highest BCUT2D eigenvalue weighted by atomic mass is 16.3. The van der Waals surface area contributed by atoms with E-state index in [0.717, 1.165) is 30.9 Å². The van der Waals surface area contributed by atoms with Crippen LogP contribution in [0, 0.1) is 6.92 Å². The fourth-order valence-corrected chi connectivity index (χ4v) is 2.87. The Morgan fingerprint density at radius 3 is 2.94 bits per heavy atom. The molecule has 0 aliphatic carbocycles. The third kappa shape index (κ3) is 2.04. The van der Waals surface area contributed by atoms with E-state index in [1.54, 1.807) is 0 Å². The second-order valence-corrected chi connectivity index (χ2v) is 5.51. The van der Waals surface area contributed by atoms with Crippen LogP contribution in [0.15, 0.2) is 28.7 Å². The maximum atomic E-state index is 6.25. The first-order chi connectivity index (χ1) is 8.63. The molecular formula is C15H20N2O. The summed E-state index contributed by atoms with van der Waals surface area (Å²) in [7, 11) is 2.12. The van der Waals surface area contributed by atoms with E-state index < -0.39 is 0 Å². The fraction of sp³-hybridized carbons (Fsp3) is 0.467. The van der Waals surface area contributed by atoms with Gasteiger partial charge in [-0.1, -0.05) is 11.6 Å². The highest BCUT2D eigenvalue weighted by Crippen LogP contribution is 2.31. The first-order valence-electron chi connectivity index (χ1n) is 6.58. The van der Waals surface area contributed by atoms with Gasteiger partial charge in [-0.2, -0.15) is 0 Å². The van der Waals surface area contributed by atoms with Crippen LogP contribution in [-0.2, 0) is 0 Å². The second kappa shape index (κ2) is 4.41. The lowest BCUT2D eigenvalue weighted by atomic mass is 9.90. The minimum absolute atomic E-state index is 0.172. The van der Waals surface area contributed by atoms with Gasteiger partial charge in [-0.05, 0) is 45.1 Å². The standard InChI is InChI=1S/C15H20N2O/c1-10-3-4-14-11(7-10)8-15(18-14)12-5-6-17(2)9-13(12)16/h3-4,7-8,12-13H,5-6,9,16H2,1-2H3. The third-order valence-corrected chi connectivity index (χ3v) is 3.92. The number of hydrogen-bond donors (Lipinski definition) is 1. The first-order valence-corrected chi connectivity index (χ1v) is 6.58. The Labute approximate surface area is 108 Å². The van der Waals surface area contributed by atoms with Crippen molar-refractivity contribution < 1.29 is 4.42 Å². The van der Waals surface area contributed by atoms with Crippen molar-refractivity contribution >= 4 is 11.0 Å². The quantitative estimate of drug-likeness (QED) is 0.838. The molecule has 3 heteroatoms. The van der Waals surface area contributed by atoms with Gasteiger partial charge in [0.25, 0.3) is 0 Å². The molecule has 96 valence electrons. The number of piperidine rings is 1. The lowest BCUT2D eigenvalue weighted by Gasteiger charge is -2.33. The molecule has 0 amide bonds. The molecule has 3 nitrogen and oxygen atoms in total. The van der Waals surface area contributed by atoms with Crippen molar-refractivity contribution in [2.24, 2.45) is 5.73 Å². The van der Waals surface area contributed by atoms with Crippen molar-refractivity contribution in [1.29, 1.82) is 0 Å². The second-order valence-electron chi connectivity index (χ2n) is 5.51. The number of nitrogens with zero attached hydrogens (tertiary/aromatic N) is 1. The summed E-state index contributed by atoms with van der Waals surface area (Å²) in [5.41, 5.74) is 8.49. The number of hydrogen-bond acceptors (Lipinski definition) is 3. The molecule has 1 saturated heterocycles. The largest absolute Gasteiger partial charge is 0.461 e. The minimum Gasteiger partial charge on any atom is -0.461 e. The Balaban J connectivity index is 1.94. The molecule has 2 unspecified atom stereocenters. The van der Waals surface area contributed by atoms with Crippen LogP contribution >= 0.6 is 0 Å². The van der Waals surface area contributed by atoms with E-state index in [0.29, 0.717) is 5.92 Å². The molecule has 1 aliphatic rings. The zero-order valence-electron chi connectivity index (χ0n) is 11.0. The molecular weight excluding hydrogens is 224 g/mol. The molecule has 0 saturated carbocycles. The number of furan rings is 1. The van der Waals surface area contributed by atoms with Gasteiger partial charge in [-0.3, -0.25) is 0 Å². The molecule has 2 aromatic rings. The van der Waals surface area contributed by atoms with E-state index >= 15 is 0 Å². The summed E-state index contributed by atoms with van der Waals surface area (Å²) in [6.07, 6.45) is 1.08. The Bertz CT molecular complexity index is 561. The molecule has 1 aliphatic heterocycles. The van der Waals surface area contributed by atoms with Crippen molar-refractivity contribution in [1.82, 2.24) is 4.90 Å². The summed E-state index contributed by atoms with van der Waals surface area (Å²) in [5.74, 6) is 1.41. The third-order valence-electron chi connectivity index (χ3n) is 3.92. The maximum absolute atomic E-state index is 6.25. The van der Waals surface area contributed by atoms with Crippen LogP contribution in [0.4, 0.5) is 0 Å². The van der Waals surface area contributed by atoms with E-state index in [9.17, 15) is 0 Å². The van der Waals surface area contributed by atoms with Gasteiger partial charge < -0.3 is 15.1 Å². The molecule has 3 rings (SSSR count). The van der Waals surface area contributed by atoms with E-state index in [2.05, 4.69) is 43.1 Å². The summed E-state index contributed by atoms with van der Waals surface area (Å²) in [6, 6.07) is 8.64. The number of benzene rings is 1. The number of likely N-dealkylation sites (tertiary alicyclic amines) is 1. The van der Waals surface area contributed by atoms with Gasteiger partial charge in [0.1, 0.15) is 11.3 Å².